The van der Waals surface area contributed by atoms with E-state index in [9.17, 15) is 5.11 Å². The van der Waals surface area contributed by atoms with Crippen molar-refractivity contribution < 1.29 is 9.52 Å². The molecule has 2 aromatic heterocycles. The van der Waals surface area contributed by atoms with Gasteiger partial charge in [-0.15, -0.1) is 0 Å². The summed E-state index contributed by atoms with van der Waals surface area (Å²) in [5, 5.41) is 14.5. The molecule has 2 rings (SSSR count). The van der Waals surface area contributed by atoms with E-state index in [0.717, 1.165) is 22.3 Å². The molecule has 0 aromatic carbocycles. The quantitative estimate of drug-likeness (QED) is 0.888. The summed E-state index contributed by atoms with van der Waals surface area (Å²) in [6.45, 7) is 2.05. The Labute approximate surface area is 122 Å². The highest BCUT2D eigenvalue weighted by Gasteiger charge is 2.19. The molecule has 0 spiro atoms. The fourth-order valence-corrected chi connectivity index (χ4v) is 2.93. The summed E-state index contributed by atoms with van der Waals surface area (Å²) in [7, 11) is 1.88. The van der Waals surface area contributed by atoms with Crippen molar-refractivity contribution >= 4 is 31.9 Å². The molecule has 0 aliphatic carbocycles. The molecule has 2 heterocycles. The van der Waals surface area contributed by atoms with E-state index in [1.807, 2.05) is 7.05 Å². The van der Waals surface area contributed by atoms with Crippen molar-refractivity contribution in [1.82, 2.24) is 9.78 Å². The molecule has 0 saturated heterocycles. The van der Waals surface area contributed by atoms with Crippen LogP contribution in [0.2, 0.25) is 0 Å². The summed E-state index contributed by atoms with van der Waals surface area (Å²) in [6.07, 6.45) is 0.647. The highest BCUT2D eigenvalue weighted by atomic mass is 79.9. The molecule has 0 saturated carbocycles. The van der Waals surface area contributed by atoms with Crippen molar-refractivity contribution in [2.24, 2.45) is 7.05 Å². The second-order valence-corrected chi connectivity index (χ2v) is 5.62. The Balaban J connectivity index is 2.21. The number of hydrogen-bond acceptors (Lipinski definition) is 3. The van der Waals surface area contributed by atoms with Crippen LogP contribution < -0.4 is 0 Å². The molecule has 1 unspecified atom stereocenters. The summed E-state index contributed by atoms with van der Waals surface area (Å²) in [4.78, 5) is 0. The van der Waals surface area contributed by atoms with Crippen LogP contribution in [0.4, 0.5) is 0 Å². The van der Waals surface area contributed by atoms with E-state index in [4.69, 9.17) is 4.42 Å². The van der Waals surface area contributed by atoms with E-state index in [1.165, 1.54) is 0 Å². The van der Waals surface area contributed by atoms with Crippen LogP contribution in [-0.4, -0.2) is 14.9 Å². The maximum atomic E-state index is 10.1. The monoisotopic (exact) mass is 376 g/mol. The van der Waals surface area contributed by atoms with Crippen LogP contribution in [0.25, 0.3) is 0 Å². The first-order valence-electron chi connectivity index (χ1n) is 5.66. The minimum Gasteiger partial charge on any atom is -0.452 e. The van der Waals surface area contributed by atoms with Gasteiger partial charge in [0.05, 0.1) is 15.9 Å². The van der Waals surface area contributed by atoms with Crippen LogP contribution in [0, 0.1) is 0 Å². The average molecular weight is 378 g/mol. The van der Waals surface area contributed by atoms with E-state index < -0.39 is 6.10 Å². The molecule has 0 fully saturated rings. The lowest BCUT2D eigenvalue weighted by molar-refractivity contribution is 0.146. The topological polar surface area (TPSA) is 51.2 Å². The van der Waals surface area contributed by atoms with Crippen LogP contribution in [-0.2, 0) is 19.9 Å². The smallest absolute Gasteiger partial charge is 0.169 e. The van der Waals surface area contributed by atoms with Crippen molar-refractivity contribution in [2.75, 3.05) is 0 Å². The summed E-state index contributed by atoms with van der Waals surface area (Å²) < 4.78 is 8.74. The van der Waals surface area contributed by atoms with Gasteiger partial charge in [-0.25, -0.2) is 0 Å². The van der Waals surface area contributed by atoms with Gasteiger partial charge >= 0.3 is 0 Å². The lowest BCUT2D eigenvalue weighted by Crippen LogP contribution is -2.06. The van der Waals surface area contributed by atoms with Crippen LogP contribution in [0.15, 0.2) is 25.7 Å². The lowest BCUT2D eigenvalue weighted by atomic mass is 10.1. The average Bonchev–Trinajstić information content (AvgIpc) is 2.87. The molecule has 18 heavy (non-hydrogen) atoms. The first kappa shape index (κ1) is 13.8. The summed E-state index contributed by atoms with van der Waals surface area (Å²) in [6, 6.07) is 3.54. The second kappa shape index (κ2) is 5.59. The molecule has 4 nitrogen and oxygen atoms in total. The van der Waals surface area contributed by atoms with Gasteiger partial charge in [0.25, 0.3) is 0 Å². The van der Waals surface area contributed by atoms with Gasteiger partial charge in [0.1, 0.15) is 11.9 Å². The molecular formula is C12H14Br2N2O2. The second-order valence-electron chi connectivity index (χ2n) is 4.05. The molecule has 0 radical (unpaired) electrons. The van der Waals surface area contributed by atoms with Gasteiger partial charge in [-0.3, -0.25) is 4.68 Å². The number of hydrogen-bond donors (Lipinski definition) is 1. The number of rotatable bonds is 4. The van der Waals surface area contributed by atoms with Crippen LogP contribution in [0.1, 0.15) is 30.2 Å². The van der Waals surface area contributed by atoms with Crippen LogP contribution in [0.5, 0.6) is 0 Å². The van der Waals surface area contributed by atoms with Gasteiger partial charge in [-0.05, 0) is 50.4 Å². The molecule has 1 N–H and O–H groups in total. The zero-order chi connectivity index (χ0) is 13.3. The minimum absolute atomic E-state index is 0.462. The first-order valence-corrected chi connectivity index (χ1v) is 7.25. The lowest BCUT2D eigenvalue weighted by Gasteiger charge is -2.08. The summed E-state index contributed by atoms with van der Waals surface area (Å²) in [5.74, 6) is 0.549. The highest BCUT2D eigenvalue weighted by molar-refractivity contribution is 9.10. The van der Waals surface area contributed by atoms with Crippen molar-refractivity contribution in [2.45, 2.75) is 25.9 Å². The third kappa shape index (κ3) is 2.70. The number of aliphatic hydroxyl groups excluding tert-OH is 1. The molecule has 2 aromatic rings. The van der Waals surface area contributed by atoms with E-state index in [1.54, 1.807) is 16.8 Å². The number of nitrogens with zero attached hydrogens (tertiary/aromatic N) is 2. The van der Waals surface area contributed by atoms with Gasteiger partial charge in [0.2, 0.25) is 0 Å². The predicted octanol–water partition coefficient (Wildman–Crippen LogP) is 3.38. The standard InChI is InChI=1S/C12H14Br2N2O2/c1-3-7-12(14)8(16(2)15-7)6-9(17)10-4-5-11(13)18-10/h4-5,9,17H,3,6H2,1-2H3. The largest absolute Gasteiger partial charge is 0.452 e. The van der Waals surface area contributed by atoms with Crippen molar-refractivity contribution in [3.8, 4) is 0 Å². The van der Waals surface area contributed by atoms with E-state index in [2.05, 4.69) is 43.9 Å². The van der Waals surface area contributed by atoms with Gasteiger partial charge in [0.15, 0.2) is 4.67 Å². The zero-order valence-corrected chi connectivity index (χ0v) is 13.3. The van der Waals surface area contributed by atoms with Crippen LogP contribution in [0.3, 0.4) is 0 Å². The number of aliphatic hydroxyl groups is 1. The zero-order valence-electron chi connectivity index (χ0n) is 10.2. The Morgan fingerprint density at radius 1 is 1.44 bits per heavy atom. The molecule has 0 aliphatic heterocycles. The molecular weight excluding hydrogens is 364 g/mol. The SMILES string of the molecule is CCc1nn(C)c(CC(O)c2ccc(Br)o2)c1Br. The highest BCUT2D eigenvalue weighted by Crippen LogP contribution is 2.28. The molecule has 0 amide bonds. The fourth-order valence-electron chi connectivity index (χ4n) is 1.83. The molecule has 98 valence electrons. The van der Waals surface area contributed by atoms with E-state index >= 15 is 0 Å². The normalized spacial score (nSPS) is 12.9. The molecule has 1 atom stereocenters. The van der Waals surface area contributed by atoms with Crippen molar-refractivity contribution in [3.63, 3.8) is 0 Å². The predicted molar refractivity (Wildman–Crippen MR) is 75.4 cm³/mol. The Bertz CT molecular complexity index is 548. The number of aromatic nitrogens is 2. The summed E-state index contributed by atoms with van der Waals surface area (Å²) in [5.41, 5.74) is 1.96. The Kier molecular flexibility index (Phi) is 4.29. The van der Waals surface area contributed by atoms with Crippen molar-refractivity contribution in [3.05, 3.63) is 38.4 Å². The third-order valence-electron chi connectivity index (χ3n) is 2.81. The Morgan fingerprint density at radius 2 is 2.17 bits per heavy atom. The van der Waals surface area contributed by atoms with Gasteiger partial charge in [0, 0.05) is 13.5 Å². The minimum atomic E-state index is -0.673. The van der Waals surface area contributed by atoms with E-state index in [-0.39, 0.29) is 0 Å². The Hall–Kier alpha value is -0.590. The van der Waals surface area contributed by atoms with Gasteiger partial charge < -0.3 is 9.52 Å². The number of halogens is 2. The van der Waals surface area contributed by atoms with Crippen LogP contribution >= 0.6 is 31.9 Å². The molecule has 0 bridgehead atoms. The fraction of sp³-hybridized carbons (Fsp3) is 0.417. The van der Waals surface area contributed by atoms with Gasteiger partial charge in [-0.2, -0.15) is 5.10 Å². The molecule has 0 aliphatic rings. The van der Waals surface area contributed by atoms with Crippen molar-refractivity contribution in [1.29, 1.82) is 0 Å². The first-order chi connectivity index (χ1) is 8.52. The maximum Gasteiger partial charge on any atom is 0.169 e. The van der Waals surface area contributed by atoms with E-state index in [0.29, 0.717) is 16.9 Å². The Morgan fingerprint density at radius 3 is 2.67 bits per heavy atom. The molecule has 6 heteroatoms. The summed E-state index contributed by atoms with van der Waals surface area (Å²) >= 11 is 6.76. The maximum absolute atomic E-state index is 10.1. The third-order valence-corrected chi connectivity index (χ3v) is 4.15. The van der Waals surface area contributed by atoms with Gasteiger partial charge in [-0.1, -0.05) is 6.92 Å². The number of aryl methyl sites for hydroxylation is 2. The number of furan rings is 1.